The van der Waals surface area contributed by atoms with Gasteiger partial charge >= 0.3 is 12.0 Å². The van der Waals surface area contributed by atoms with Crippen molar-refractivity contribution in [3.05, 3.63) is 0 Å². The number of piperidine rings is 1. The molecule has 0 bridgehead atoms. The predicted octanol–water partition coefficient (Wildman–Crippen LogP) is 1.14. The van der Waals surface area contributed by atoms with Crippen LogP contribution in [0.3, 0.4) is 0 Å². The minimum atomic E-state index is -0.997. The van der Waals surface area contributed by atoms with Gasteiger partial charge in [-0.3, -0.25) is 0 Å². The van der Waals surface area contributed by atoms with Crippen LogP contribution in [-0.2, 0) is 4.79 Å². The maximum Gasteiger partial charge on any atom is 0.326 e. The molecule has 1 saturated heterocycles. The van der Waals surface area contributed by atoms with Crippen molar-refractivity contribution in [1.82, 2.24) is 10.2 Å². The fraction of sp³-hybridized carbons (Fsp3) is 0.846. The van der Waals surface area contributed by atoms with E-state index in [1.807, 2.05) is 6.26 Å². The molecule has 1 fully saturated rings. The Balaban J connectivity index is 2.58. The molecule has 6 nitrogen and oxygen atoms in total. The van der Waals surface area contributed by atoms with E-state index in [1.165, 1.54) is 0 Å². The second-order valence-electron chi connectivity index (χ2n) is 4.98. The summed E-state index contributed by atoms with van der Waals surface area (Å²) in [6, 6.07) is -1.15. The maximum absolute atomic E-state index is 12.2. The van der Waals surface area contributed by atoms with Crippen LogP contribution in [-0.4, -0.2) is 64.4 Å². The van der Waals surface area contributed by atoms with Crippen molar-refractivity contribution in [1.29, 1.82) is 0 Å². The Morgan fingerprint density at radius 1 is 1.45 bits per heavy atom. The Labute approximate surface area is 123 Å². The lowest BCUT2D eigenvalue weighted by Gasteiger charge is -2.36. The summed E-state index contributed by atoms with van der Waals surface area (Å²) in [6.45, 7) is 0.675. The Morgan fingerprint density at radius 3 is 2.80 bits per heavy atom. The van der Waals surface area contributed by atoms with Gasteiger partial charge in [-0.15, -0.1) is 0 Å². The third-order valence-electron chi connectivity index (χ3n) is 3.56. The second-order valence-corrected chi connectivity index (χ2v) is 5.96. The Hall–Kier alpha value is -0.950. The van der Waals surface area contributed by atoms with Crippen LogP contribution in [0.4, 0.5) is 4.79 Å². The Morgan fingerprint density at radius 2 is 2.20 bits per heavy atom. The van der Waals surface area contributed by atoms with E-state index in [9.17, 15) is 9.59 Å². The van der Waals surface area contributed by atoms with Gasteiger partial charge in [0.15, 0.2) is 0 Å². The van der Waals surface area contributed by atoms with Crippen LogP contribution in [0.25, 0.3) is 0 Å². The number of rotatable bonds is 7. The number of amides is 2. The molecule has 116 valence electrons. The summed E-state index contributed by atoms with van der Waals surface area (Å²) in [5.41, 5.74) is 0. The summed E-state index contributed by atoms with van der Waals surface area (Å²) in [5, 5.41) is 20.8. The number of likely N-dealkylation sites (tertiary alicyclic amines) is 1. The maximum atomic E-state index is 12.2. The summed E-state index contributed by atoms with van der Waals surface area (Å²) in [4.78, 5) is 25.0. The molecule has 1 aliphatic rings. The second kappa shape index (κ2) is 9.07. The van der Waals surface area contributed by atoms with Gasteiger partial charge in [0.25, 0.3) is 0 Å². The highest BCUT2D eigenvalue weighted by Crippen LogP contribution is 2.19. The van der Waals surface area contributed by atoms with E-state index in [0.717, 1.165) is 19.3 Å². The number of carboxylic acids is 1. The van der Waals surface area contributed by atoms with Crippen molar-refractivity contribution in [2.24, 2.45) is 0 Å². The quantitative estimate of drug-likeness (QED) is 0.656. The summed E-state index contributed by atoms with van der Waals surface area (Å²) in [6.07, 6.45) is 5.72. The molecule has 3 N–H and O–H groups in total. The summed E-state index contributed by atoms with van der Waals surface area (Å²) in [7, 11) is 0. The average Bonchev–Trinajstić information content (AvgIpc) is 2.43. The number of urea groups is 1. The molecular weight excluding hydrogens is 280 g/mol. The van der Waals surface area contributed by atoms with Gasteiger partial charge in [-0.05, 0) is 44.1 Å². The topological polar surface area (TPSA) is 89.9 Å². The van der Waals surface area contributed by atoms with Gasteiger partial charge in [0.05, 0.1) is 0 Å². The zero-order valence-electron chi connectivity index (χ0n) is 11.9. The molecule has 0 spiro atoms. The van der Waals surface area contributed by atoms with Gasteiger partial charge in [-0.1, -0.05) is 0 Å². The number of hydrogen-bond donors (Lipinski definition) is 3. The van der Waals surface area contributed by atoms with Crippen LogP contribution in [0.1, 0.15) is 32.1 Å². The van der Waals surface area contributed by atoms with Crippen LogP contribution >= 0.6 is 11.8 Å². The molecule has 0 aromatic rings. The summed E-state index contributed by atoms with van der Waals surface area (Å²) < 4.78 is 0. The molecule has 0 aromatic heterocycles. The van der Waals surface area contributed by atoms with Gasteiger partial charge in [-0.25, -0.2) is 9.59 Å². The van der Waals surface area contributed by atoms with Crippen LogP contribution in [0, 0.1) is 0 Å². The summed E-state index contributed by atoms with van der Waals surface area (Å²) in [5.74, 6) is -0.305. The van der Waals surface area contributed by atoms with E-state index in [4.69, 9.17) is 10.2 Å². The van der Waals surface area contributed by atoms with Crippen molar-refractivity contribution in [2.75, 3.05) is 25.2 Å². The van der Waals surface area contributed by atoms with Crippen molar-refractivity contribution in [2.45, 2.75) is 44.2 Å². The lowest BCUT2D eigenvalue weighted by atomic mass is 10.00. The van der Waals surface area contributed by atoms with Crippen LogP contribution < -0.4 is 5.32 Å². The van der Waals surface area contributed by atoms with Crippen molar-refractivity contribution >= 4 is 23.8 Å². The van der Waals surface area contributed by atoms with E-state index >= 15 is 0 Å². The van der Waals surface area contributed by atoms with E-state index in [2.05, 4.69) is 5.32 Å². The number of carbonyl (C=O) groups excluding carboxylic acids is 1. The number of hydrogen-bond acceptors (Lipinski definition) is 4. The average molecular weight is 304 g/mol. The largest absolute Gasteiger partial charge is 0.480 e. The van der Waals surface area contributed by atoms with E-state index in [1.54, 1.807) is 16.7 Å². The van der Waals surface area contributed by atoms with Gasteiger partial charge in [0.2, 0.25) is 0 Å². The first kappa shape index (κ1) is 17.1. The molecular formula is C13H24N2O4S. The van der Waals surface area contributed by atoms with Gasteiger partial charge in [0, 0.05) is 19.2 Å². The molecule has 2 amide bonds. The Bertz CT molecular complexity index is 325. The molecule has 1 rings (SSSR count). The van der Waals surface area contributed by atoms with Crippen LogP contribution in [0.15, 0.2) is 0 Å². The first-order valence-corrected chi connectivity index (χ1v) is 8.39. The molecule has 0 saturated carbocycles. The molecule has 7 heteroatoms. The highest BCUT2D eigenvalue weighted by atomic mass is 32.2. The first-order valence-electron chi connectivity index (χ1n) is 7.00. The number of aliphatic carboxylic acids is 1. The minimum Gasteiger partial charge on any atom is -0.480 e. The fourth-order valence-electron chi connectivity index (χ4n) is 2.44. The SMILES string of the molecule is CSCCC(NC(=O)N1CCCCC1CCO)C(=O)O. The molecule has 20 heavy (non-hydrogen) atoms. The lowest BCUT2D eigenvalue weighted by Crippen LogP contribution is -2.53. The fourth-order valence-corrected chi connectivity index (χ4v) is 2.91. The third-order valence-corrected chi connectivity index (χ3v) is 4.20. The van der Waals surface area contributed by atoms with Crippen molar-refractivity contribution in [3.8, 4) is 0 Å². The van der Waals surface area contributed by atoms with Crippen LogP contribution in [0.2, 0.25) is 0 Å². The van der Waals surface area contributed by atoms with Gasteiger partial charge in [0.1, 0.15) is 6.04 Å². The molecule has 2 unspecified atom stereocenters. The number of thioether (sulfide) groups is 1. The molecule has 1 heterocycles. The highest BCUT2D eigenvalue weighted by molar-refractivity contribution is 7.98. The molecule has 1 aliphatic heterocycles. The normalized spacial score (nSPS) is 20.5. The smallest absolute Gasteiger partial charge is 0.326 e. The Kier molecular flexibility index (Phi) is 7.76. The monoisotopic (exact) mass is 304 g/mol. The first-order chi connectivity index (χ1) is 9.60. The highest BCUT2D eigenvalue weighted by Gasteiger charge is 2.29. The number of aliphatic hydroxyl groups is 1. The van der Waals surface area contributed by atoms with Gasteiger partial charge < -0.3 is 20.4 Å². The standard InChI is InChI=1S/C13H24N2O4S/c1-20-9-6-11(12(17)18)14-13(19)15-7-3-2-4-10(15)5-8-16/h10-11,16H,2-9H2,1H3,(H,14,19)(H,17,18). The number of carbonyl (C=O) groups is 2. The minimum absolute atomic E-state index is 0.0174. The number of nitrogens with one attached hydrogen (secondary N) is 1. The summed E-state index contributed by atoms with van der Waals surface area (Å²) >= 11 is 1.56. The number of nitrogens with zero attached hydrogens (tertiary/aromatic N) is 1. The molecule has 0 radical (unpaired) electrons. The number of carboxylic acid groups (broad SMARTS) is 1. The predicted molar refractivity (Wildman–Crippen MR) is 79.0 cm³/mol. The van der Waals surface area contributed by atoms with E-state index in [-0.39, 0.29) is 18.7 Å². The zero-order chi connectivity index (χ0) is 15.0. The molecule has 0 aromatic carbocycles. The van der Waals surface area contributed by atoms with Crippen molar-refractivity contribution < 1.29 is 19.8 Å². The zero-order valence-corrected chi connectivity index (χ0v) is 12.7. The lowest BCUT2D eigenvalue weighted by molar-refractivity contribution is -0.139. The third kappa shape index (κ3) is 5.20. The van der Waals surface area contributed by atoms with Gasteiger partial charge in [-0.2, -0.15) is 11.8 Å². The molecule has 2 atom stereocenters. The van der Waals surface area contributed by atoms with E-state index < -0.39 is 12.0 Å². The molecule has 0 aliphatic carbocycles. The van der Waals surface area contributed by atoms with E-state index in [0.29, 0.717) is 25.1 Å². The van der Waals surface area contributed by atoms with Crippen LogP contribution in [0.5, 0.6) is 0 Å². The number of aliphatic hydroxyl groups excluding tert-OH is 1. The van der Waals surface area contributed by atoms with Crippen molar-refractivity contribution in [3.63, 3.8) is 0 Å².